The maximum absolute atomic E-state index is 13.4. The van der Waals surface area contributed by atoms with E-state index in [9.17, 15) is 9.59 Å². The summed E-state index contributed by atoms with van der Waals surface area (Å²) in [6.45, 7) is 1.93. The number of hydrogen-bond acceptors (Lipinski definition) is 7. The molecule has 1 aliphatic rings. The minimum atomic E-state index is -0.590. The Labute approximate surface area is 191 Å². The topological polar surface area (TPSA) is 73.8 Å². The zero-order valence-corrected chi connectivity index (χ0v) is 18.7. The zero-order valence-electron chi connectivity index (χ0n) is 17.1. The summed E-state index contributed by atoms with van der Waals surface area (Å²) in [5.74, 6) is 0.106. The Kier molecular flexibility index (Phi) is 5.46. The number of furan rings is 1. The van der Waals surface area contributed by atoms with Crippen LogP contribution >= 0.6 is 22.7 Å². The van der Waals surface area contributed by atoms with Crippen molar-refractivity contribution in [2.24, 2.45) is 4.99 Å². The Bertz CT molecular complexity index is 1460. The van der Waals surface area contributed by atoms with Gasteiger partial charge < -0.3 is 9.15 Å². The van der Waals surface area contributed by atoms with Crippen molar-refractivity contribution in [2.75, 3.05) is 0 Å². The number of carbonyl (C=O) groups is 1. The van der Waals surface area contributed by atoms with Crippen LogP contribution in [0.1, 0.15) is 29.2 Å². The van der Waals surface area contributed by atoms with Crippen molar-refractivity contribution in [1.29, 1.82) is 0 Å². The summed E-state index contributed by atoms with van der Waals surface area (Å²) in [4.78, 5) is 32.6. The predicted octanol–water partition coefficient (Wildman–Crippen LogP) is 3.63. The highest BCUT2D eigenvalue weighted by Crippen LogP contribution is 2.33. The molecule has 8 heteroatoms. The molecule has 0 saturated heterocycles. The molecule has 0 amide bonds. The number of nitrogens with zero attached hydrogens (tertiary/aromatic N) is 2. The second kappa shape index (κ2) is 8.57. The minimum absolute atomic E-state index is 0.149. The van der Waals surface area contributed by atoms with E-state index in [4.69, 9.17) is 9.15 Å². The van der Waals surface area contributed by atoms with E-state index in [1.165, 1.54) is 22.7 Å². The number of thiazole rings is 1. The standard InChI is InChI=1S/C24H18N2O4S2/c1-15-20(23(28)30-14-16-7-3-2-4-8-16)21(18-10-6-12-31-18)26-22(27)19(32-24(26)25-15)13-17-9-5-11-29-17/h2-13,21H,14H2,1H3/b19-13+/t21-/m1/s1. The van der Waals surface area contributed by atoms with E-state index < -0.39 is 12.0 Å². The smallest absolute Gasteiger partial charge is 0.338 e. The molecule has 0 N–H and O–H groups in total. The lowest BCUT2D eigenvalue weighted by molar-refractivity contribution is -0.140. The molecule has 0 unspecified atom stereocenters. The van der Waals surface area contributed by atoms with Crippen LogP contribution in [-0.2, 0) is 16.1 Å². The van der Waals surface area contributed by atoms with Gasteiger partial charge in [0, 0.05) is 11.0 Å². The van der Waals surface area contributed by atoms with Crippen LogP contribution in [0.5, 0.6) is 0 Å². The van der Waals surface area contributed by atoms with Crippen LogP contribution in [0.15, 0.2) is 91.7 Å². The first-order valence-electron chi connectivity index (χ1n) is 9.92. The van der Waals surface area contributed by atoms with Gasteiger partial charge >= 0.3 is 5.97 Å². The molecule has 0 radical (unpaired) electrons. The van der Waals surface area contributed by atoms with Crippen molar-refractivity contribution in [3.05, 3.63) is 113 Å². The molecule has 4 aromatic rings. The quantitative estimate of drug-likeness (QED) is 0.425. The molecular formula is C24H18N2O4S2. The molecule has 32 heavy (non-hydrogen) atoms. The van der Waals surface area contributed by atoms with Crippen molar-refractivity contribution >= 4 is 34.7 Å². The number of carbonyl (C=O) groups excluding carboxylic acids is 1. The molecule has 5 rings (SSSR count). The average Bonchev–Trinajstić information content (AvgIpc) is 3.55. The van der Waals surface area contributed by atoms with Gasteiger partial charge in [-0.15, -0.1) is 11.3 Å². The maximum atomic E-state index is 13.4. The fourth-order valence-corrected chi connectivity index (χ4v) is 5.45. The third-order valence-corrected chi connectivity index (χ3v) is 6.99. The summed E-state index contributed by atoms with van der Waals surface area (Å²) in [6.07, 6.45) is 3.25. The van der Waals surface area contributed by atoms with Gasteiger partial charge in [0.15, 0.2) is 4.80 Å². The summed E-state index contributed by atoms with van der Waals surface area (Å²) >= 11 is 2.76. The predicted molar refractivity (Wildman–Crippen MR) is 123 cm³/mol. The molecule has 0 spiro atoms. The average molecular weight is 463 g/mol. The van der Waals surface area contributed by atoms with Gasteiger partial charge in [0.2, 0.25) is 0 Å². The van der Waals surface area contributed by atoms with Gasteiger partial charge in [0.1, 0.15) is 18.4 Å². The molecule has 0 fully saturated rings. The van der Waals surface area contributed by atoms with E-state index in [1.807, 2.05) is 47.8 Å². The molecule has 0 bridgehead atoms. The highest BCUT2D eigenvalue weighted by Gasteiger charge is 2.34. The number of thiophene rings is 1. The van der Waals surface area contributed by atoms with Crippen LogP contribution in [0.3, 0.4) is 0 Å². The summed E-state index contributed by atoms with van der Waals surface area (Å²) in [5, 5.41) is 1.93. The monoisotopic (exact) mass is 462 g/mol. The van der Waals surface area contributed by atoms with Gasteiger partial charge in [-0.3, -0.25) is 9.36 Å². The molecule has 0 saturated carbocycles. The van der Waals surface area contributed by atoms with Gasteiger partial charge in [0.25, 0.3) is 5.56 Å². The van der Waals surface area contributed by atoms with E-state index in [0.29, 0.717) is 26.4 Å². The summed E-state index contributed by atoms with van der Waals surface area (Å²) in [5.41, 5.74) is 1.60. The zero-order chi connectivity index (χ0) is 22.1. The van der Waals surface area contributed by atoms with E-state index >= 15 is 0 Å². The van der Waals surface area contributed by atoms with Crippen LogP contribution in [0, 0.1) is 0 Å². The van der Waals surface area contributed by atoms with Crippen molar-refractivity contribution in [1.82, 2.24) is 4.57 Å². The minimum Gasteiger partial charge on any atom is -0.465 e. The summed E-state index contributed by atoms with van der Waals surface area (Å²) in [7, 11) is 0. The number of rotatable bonds is 5. The van der Waals surface area contributed by atoms with Crippen LogP contribution in [0.4, 0.5) is 0 Å². The number of esters is 1. The fraction of sp³-hybridized carbons (Fsp3) is 0.125. The second-order valence-corrected chi connectivity index (χ2v) is 9.16. The molecule has 1 atom stereocenters. The van der Waals surface area contributed by atoms with Crippen LogP contribution < -0.4 is 14.9 Å². The molecule has 1 aromatic carbocycles. The van der Waals surface area contributed by atoms with Gasteiger partial charge in [0.05, 0.1) is 22.1 Å². The molecular weight excluding hydrogens is 444 g/mol. The Morgan fingerprint density at radius 2 is 2.03 bits per heavy atom. The van der Waals surface area contributed by atoms with Crippen molar-refractivity contribution in [3.63, 3.8) is 0 Å². The molecule has 4 heterocycles. The molecule has 0 aliphatic carbocycles. The number of ether oxygens (including phenoxy) is 1. The van der Waals surface area contributed by atoms with Crippen LogP contribution in [0.2, 0.25) is 0 Å². The largest absolute Gasteiger partial charge is 0.465 e. The maximum Gasteiger partial charge on any atom is 0.338 e. The number of hydrogen-bond donors (Lipinski definition) is 0. The lowest BCUT2D eigenvalue weighted by Gasteiger charge is -2.23. The lowest BCUT2D eigenvalue weighted by atomic mass is 10.0. The highest BCUT2D eigenvalue weighted by molar-refractivity contribution is 7.10. The van der Waals surface area contributed by atoms with Crippen molar-refractivity contribution in [3.8, 4) is 0 Å². The number of aromatic nitrogens is 1. The Morgan fingerprint density at radius 1 is 1.19 bits per heavy atom. The van der Waals surface area contributed by atoms with E-state index in [-0.39, 0.29) is 12.2 Å². The molecule has 3 aromatic heterocycles. The van der Waals surface area contributed by atoms with Gasteiger partial charge in [-0.25, -0.2) is 9.79 Å². The Balaban J connectivity index is 1.59. The van der Waals surface area contributed by atoms with Crippen molar-refractivity contribution in [2.45, 2.75) is 19.6 Å². The highest BCUT2D eigenvalue weighted by atomic mass is 32.1. The van der Waals surface area contributed by atoms with Crippen molar-refractivity contribution < 1.29 is 13.9 Å². The molecule has 1 aliphatic heterocycles. The SMILES string of the molecule is CC1=C(C(=O)OCc2ccccc2)[C@@H](c2cccs2)n2c(s/c(=C/c3ccco3)c2=O)=N1. The van der Waals surface area contributed by atoms with Gasteiger partial charge in [-0.05, 0) is 36.1 Å². The number of benzene rings is 1. The fourth-order valence-electron chi connectivity index (χ4n) is 3.60. The van der Waals surface area contributed by atoms with E-state index in [2.05, 4.69) is 4.99 Å². The Hall–Kier alpha value is -3.49. The summed E-state index contributed by atoms with van der Waals surface area (Å²) < 4.78 is 13.1. The summed E-state index contributed by atoms with van der Waals surface area (Å²) in [6, 6.07) is 16.3. The van der Waals surface area contributed by atoms with Gasteiger partial charge in [-0.2, -0.15) is 0 Å². The first-order chi connectivity index (χ1) is 15.6. The van der Waals surface area contributed by atoms with E-state index in [1.54, 1.807) is 36.0 Å². The first kappa shape index (κ1) is 20.4. The normalized spacial score (nSPS) is 16.0. The Morgan fingerprint density at radius 3 is 2.75 bits per heavy atom. The van der Waals surface area contributed by atoms with Crippen LogP contribution in [-0.4, -0.2) is 10.5 Å². The van der Waals surface area contributed by atoms with E-state index in [0.717, 1.165) is 10.4 Å². The molecule has 6 nitrogen and oxygen atoms in total. The number of allylic oxidation sites excluding steroid dienone is 1. The first-order valence-corrected chi connectivity index (χ1v) is 11.6. The lowest BCUT2D eigenvalue weighted by Crippen LogP contribution is -2.39. The third-order valence-electron chi connectivity index (χ3n) is 5.08. The second-order valence-electron chi connectivity index (χ2n) is 7.17. The van der Waals surface area contributed by atoms with Gasteiger partial charge in [-0.1, -0.05) is 47.7 Å². The number of fused-ring (bicyclic) bond motifs is 1. The van der Waals surface area contributed by atoms with Crippen LogP contribution in [0.25, 0.3) is 6.08 Å². The third kappa shape index (κ3) is 3.79. The molecule has 160 valence electrons.